The molecule has 2 aliphatic heterocycles. The third-order valence-electron chi connectivity index (χ3n) is 9.35. The number of aliphatic hydroxyl groups is 1. The molecule has 2 saturated heterocycles. The molecule has 0 radical (unpaired) electrons. The number of nitrogens with zero attached hydrogens (tertiary/aromatic N) is 2. The molecule has 4 amide bonds. The Kier molecular flexibility index (Phi) is 23.3. The fraction of sp³-hybridized carbons (Fsp3) is 0.760. The van der Waals surface area contributed by atoms with Crippen molar-refractivity contribution in [3.8, 4) is 0 Å². The quantitative estimate of drug-likeness (QED) is 0.117. The van der Waals surface area contributed by atoms with Crippen LogP contribution < -0.4 is 0 Å². The van der Waals surface area contributed by atoms with Crippen molar-refractivity contribution in [2.24, 2.45) is 0 Å². The van der Waals surface area contributed by atoms with Crippen molar-refractivity contribution in [2.45, 2.75) is 214 Å². The minimum absolute atomic E-state index is 0.0217. The highest BCUT2D eigenvalue weighted by atomic mass is 16.6. The Labute approximate surface area is 415 Å². The summed E-state index contributed by atoms with van der Waals surface area (Å²) in [5.41, 5.74) is -4.53. The van der Waals surface area contributed by atoms with Crippen LogP contribution in [-0.2, 0) is 61.7 Å². The van der Waals surface area contributed by atoms with Gasteiger partial charge in [-0.05, 0) is 132 Å². The molecular weight excluding hydrogens is 917 g/mol. The molecule has 2 rings (SSSR count). The zero-order chi connectivity index (χ0) is 54.5. The van der Waals surface area contributed by atoms with E-state index in [1.165, 1.54) is 6.92 Å². The van der Waals surface area contributed by atoms with E-state index in [1.54, 1.807) is 123 Å². The van der Waals surface area contributed by atoms with E-state index >= 15 is 0 Å². The van der Waals surface area contributed by atoms with E-state index in [4.69, 9.17) is 52.1 Å². The topological polar surface area (TPSA) is 231 Å². The summed E-state index contributed by atoms with van der Waals surface area (Å²) in [5.74, 6) is -1.83. The second kappa shape index (κ2) is 25.7. The normalized spacial score (nSPS) is 24.3. The molecule has 70 heavy (non-hydrogen) atoms. The number of imide groups is 2. The van der Waals surface area contributed by atoms with Gasteiger partial charge in [0.2, 0.25) is 0 Å². The molecule has 0 saturated carbocycles. The van der Waals surface area contributed by atoms with Gasteiger partial charge >= 0.3 is 36.3 Å². The Hall–Kier alpha value is -4.60. The average Bonchev–Trinajstić information content (AvgIpc) is 3.23. The van der Waals surface area contributed by atoms with Crippen molar-refractivity contribution in [1.82, 2.24) is 9.80 Å². The first-order valence-corrected chi connectivity index (χ1v) is 23.3. The SMILES string of the molecule is C=CC(C)(C)O[C@H]1COC[C@H](N(C(=O)OC(C)(C)C)C(=O)OC(C)(C)C)C(=O)O[C@@H](C)[C@@H]1O.C=CC(C)(C)O[C@H]1COC[C@H](N(C(=O)OC(C)(C)C)C(=O)OC(C)(C)C)C(=O)O[C@@H](C)[C@@H]1OCC(=C)C. The first kappa shape index (κ1) is 63.4. The van der Waals surface area contributed by atoms with Gasteiger partial charge < -0.3 is 57.2 Å². The van der Waals surface area contributed by atoms with Crippen LogP contribution in [0, 0.1) is 0 Å². The Morgan fingerprint density at radius 2 is 0.900 bits per heavy atom. The summed E-state index contributed by atoms with van der Waals surface area (Å²) in [6, 6.07) is -2.98. The molecule has 8 atom stereocenters. The molecule has 20 heteroatoms. The maximum Gasteiger partial charge on any atom is 0.420 e. The molecule has 402 valence electrons. The van der Waals surface area contributed by atoms with Crippen molar-refractivity contribution in [3.63, 3.8) is 0 Å². The molecule has 2 aliphatic rings. The lowest BCUT2D eigenvalue weighted by molar-refractivity contribution is -0.177. The van der Waals surface area contributed by atoms with Crippen LogP contribution in [-0.4, -0.2) is 167 Å². The third-order valence-corrected chi connectivity index (χ3v) is 9.35. The van der Waals surface area contributed by atoms with Gasteiger partial charge in [-0.1, -0.05) is 24.3 Å². The number of ether oxygens (including phenoxy) is 11. The fourth-order valence-electron chi connectivity index (χ4n) is 6.01. The standard InChI is InChI=1S/C27H45NO9.C23H39NO9/c1-13-27(11,12)35-20-16-32-15-19(22(29)34-18(4)21(20)33-14-17(2)3)28(23(30)36-25(5,6)7)24(31)37-26(8,9)10;1-11-23(9,10)31-16-13-29-12-15(18(26)30-14(2)17(16)25)24(19(27)32-21(3,4)5)20(28)33-22(6,7)8/h13,18-21H,1-2,14-16H2,3-12H3;11,14-17,25H,1,12-13H2,2-10H3/t18-,19-,20-,21-;14-,15-,16-,17-/m00/s1. The zero-order valence-electron chi connectivity index (χ0n) is 45.2. The van der Waals surface area contributed by atoms with Crippen LogP contribution in [0.5, 0.6) is 0 Å². The summed E-state index contributed by atoms with van der Waals surface area (Å²) >= 11 is 0. The van der Waals surface area contributed by atoms with Crippen molar-refractivity contribution < 1.29 is 86.0 Å². The number of cyclic esters (lactones) is 2. The van der Waals surface area contributed by atoms with Crippen LogP contribution in [0.15, 0.2) is 37.5 Å². The molecule has 0 spiro atoms. The minimum atomic E-state index is -1.50. The summed E-state index contributed by atoms with van der Waals surface area (Å²) < 4.78 is 62.1. The lowest BCUT2D eigenvalue weighted by atomic mass is 10.1. The van der Waals surface area contributed by atoms with E-state index in [9.17, 15) is 33.9 Å². The van der Waals surface area contributed by atoms with Gasteiger partial charge in [-0.3, -0.25) is 0 Å². The molecule has 2 fully saturated rings. The Bertz CT molecular complexity index is 1760. The number of esters is 2. The van der Waals surface area contributed by atoms with Crippen molar-refractivity contribution in [3.05, 3.63) is 37.5 Å². The maximum atomic E-state index is 13.4. The average molecular weight is 1000 g/mol. The number of hydrogen-bond donors (Lipinski definition) is 1. The second-order valence-corrected chi connectivity index (χ2v) is 22.2. The highest BCUT2D eigenvalue weighted by molar-refractivity contribution is 5.95. The molecule has 0 bridgehead atoms. The van der Waals surface area contributed by atoms with E-state index in [0.717, 1.165) is 5.57 Å². The van der Waals surface area contributed by atoms with Crippen molar-refractivity contribution in [2.75, 3.05) is 33.0 Å². The summed E-state index contributed by atoms with van der Waals surface area (Å²) in [6.07, 6.45) is -6.46. The van der Waals surface area contributed by atoms with E-state index in [2.05, 4.69) is 19.7 Å². The number of hydrogen-bond acceptors (Lipinski definition) is 18. The number of rotatable bonds is 11. The molecule has 0 aromatic rings. The maximum absolute atomic E-state index is 13.4. The lowest BCUT2D eigenvalue weighted by Crippen LogP contribution is -2.54. The van der Waals surface area contributed by atoms with E-state index in [0.29, 0.717) is 9.80 Å². The van der Waals surface area contributed by atoms with Gasteiger partial charge in [0.05, 0.1) is 44.2 Å². The van der Waals surface area contributed by atoms with Crippen LogP contribution in [0.1, 0.15) is 132 Å². The number of amides is 4. The van der Waals surface area contributed by atoms with Gasteiger partial charge in [0.15, 0.2) is 12.1 Å². The van der Waals surface area contributed by atoms with Gasteiger partial charge in [-0.15, -0.1) is 13.2 Å². The number of carbonyl (C=O) groups is 6. The molecule has 20 nitrogen and oxygen atoms in total. The van der Waals surface area contributed by atoms with Gasteiger partial charge in [0.25, 0.3) is 0 Å². The molecule has 1 N–H and O–H groups in total. The smallest absolute Gasteiger partial charge is 0.420 e. The van der Waals surface area contributed by atoms with Crippen molar-refractivity contribution in [1.29, 1.82) is 0 Å². The van der Waals surface area contributed by atoms with Gasteiger partial charge in [-0.2, -0.15) is 9.80 Å². The number of carbonyl (C=O) groups excluding carboxylic acids is 6. The third kappa shape index (κ3) is 22.6. The van der Waals surface area contributed by atoms with Gasteiger partial charge in [0.1, 0.15) is 59.0 Å². The van der Waals surface area contributed by atoms with Crippen molar-refractivity contribution >= 4 is 36.3 Å². The molecule has 0 aromatic heterocycles. The minimum Gasteiger partial charge on any atom is -0.458 e. The van der Waals surface area contributed by atoms with Gasteiger partial charge in [-0.25, -0.2) is 28.8 Å². The molecule has 0 aromatic carbocycles. The highest BCUT2D eigenvalue weighted by Gasteiger charge is 2.47. The van der Waals surface area contributed by atoms with Crippen LogP contribution >= 0.6 is 0 Å². The fourth-order valence-corrected chi connectivity index (χ4v) is 6.01. The Balaban J connectivity index is 0.000000705. The van der Waals surface area contributed by atoms with Crippen LogP contribution in [0.25, 0.3) is 0 Å². The predicted octanol–water partition coefficient (Wildman–Crippen LogP) is 8.00. The lowest BCUT2D eigenvalue weighted by Gasteiger charge is -2.35. The Morgan fingerprint density at radius 3 is 1.21 bits per heavy atom. The van der Waals surface area contributed by atoms with E-state index in [-0.39, 0.29) is 26.4 Å². The summed E-state index contributed by atoms with van der Waals surface area (Å²) in [6.45, 7) is 42.3. The molecular formula is C50H84N2O18. The van der Waals surface area contributed by atoms with E-state index in [1.807, 2.05) is 13.8 Å². The molecule has 0 unspecified atom stereocenters. The summed E-state index contributed by atoms with van der Waals surface area (Å²) in [5, 5.41) is 10.7. The van der Waals surface area contributed by atoms with Crippen LogP contribution in [0.4, 0.5) is 19.2 Å². The molecule has 2 heterocycles. The van der Waals surface area contributed by atoms with Crippen LogP contribution in [0.3, 0.4) is 0 Å². The second-order valence-electron chi connectivity index (χ2n) is 22.2. The van der Waals surface area contributed by atoms with Crippen LogP contribution in [0.2, 0.25) is 0 Å². The highest BCUT2D eigenvalue weighted by Crippen LogP contribution is 2.27. The summed E-state index contributed by atoms with van der Waals surface area (Å²) in [4.78, 5) is 79.5. The summed E-state index contributed by atoms with van der Waals surface area (Å²) in [7, 11) is 0. The first-order valence-electron chi connectivity index (χ1n) is 23.3. The van der Waals surface area contributed by atoms with Gasteiger partial charge in [0, 0.05) is 0 Å². The zero-order valence-corrected chi connectivity index (χ0v) is 45.2. The number of aliphatic hydroxyl groups excluding tert-OH is 1. The Morgan fingerprint density at radius 1 is 0.586 bits per heavy atom. The predicted molar refractivity (Wildman–Crippen MR) is 258 cm³/mol. The molecule has 0 aliphatic carbocycles. The first-order chi connectivity index (χ1) is 31.6. The largest absolute Gasteiger partial charge is 0.458 e. The van der Waals surface area contributed by atoms with E-state index < -0.39 is 125 Å². The monoisotopic (exact) mass is 1000 g/mol.